The van der Waals surface area contributed by atoms with Crippen molar-refractivity contribution < 1.29 is 9.53 Å². The molecule has 0 N–H and O–H groups in total. The normalized spacial score (nSPS) is 12.3. The molecule has 0 saturated heterocycles. The highest BCUT2D eigenvalue weighted by Gasteiger charge is 2.23. The van der Waals surface area contributed by atoms with E-state index in [1.165, 1.54) is 4.80 Å². The fourth-order valence-electron chi connectivity index (χ4n) is 2.35. The van der Waals surface area contributed by atoms with Crippen LogP contribution in [0.5, 0.6) is 0 Å². The highest BCUT2D eigenvalue weighted by molar-refractivity contribution is 5.83. The summed E-state index contributed by atoms with van der Waals surface area (Å²) in [5.41, 5.74) is 1.73. The summed E-state index contributed by atoms with van der Waals surface area (Å²) >= 11 is 0. The number of nitrogens with zero attached hydrogens (tertiary/aromatic N) is 5. The lowest BCUT2D eigenvalue weighted by Gasteiger charge is -2.11. The lowest BCUT2D eigenvalue weighted by Crippen LogP contribution is -2.23. The van der Waals surface area contributed by atoms with Crippen molar-refractivity contribution >= 4 is 16.9 Å². The van der Waals surface area contributed by atoms with Crippen LogP contribution in [-0.2, 0) is 9.53 Å². The highest BCUT2D eigenvalue weighted by atomic mass is 16.5. The van der Waals surface area contributed by atoms with Gasteiger partial charge < -0.3 is 4.74 Å². The first-order valence-electron chi connectivity index (χ1n) is 7.54. The number of carbonyl (C=O) groups is 1. The van der Waals surface area contributed by atoms with Crippen molar-refractivity contribution in [3.63, 3.8) is 0 Å². The van der Waals surface area contributed by atoms with Gasteiger partial charge >= 0.3 is 5.97 Å². The molecule has 0 aliphatic rings. The Labute approximate surface area is 133 Å². The highest BCUT2D eigenvalue weighted by Crippen LogP contribution is 2.21. The smallest absolute Gasteiger partial charge is 0.332 e. The maximum absolute atomic E-state index is 11.9. The predicted octanol–water partition coefficient (Wildman–Crippen LogP) is 2.40. The Balaban J connectivity index is 1.92. The van der Waals surface area contributed by atoms with Crippen LogP contribution in [0.1, 0.15) is 26.3 Å². The van der Waals surface area contributed by atoms with Crippen molar-refractivity contribution in [3.05, 3.63) is 36.5 Å². The van der Waals surface area contributed by atoms with Crippen molar-refractivity contribution in [2.45, 2.75) is 26.3 Å². The van der Waals surface area contributed by atoms with Gasteiger partial charge in [-0.2, -0.15) is 0 Å². The molecule has 0 spiro atoms. The summed E-state index contributed by atoms with van der Waals surface area (Å²) in [6, 6.07) is 9.05. The zero-order valence-electron chi connectivity index (χ0n) is 13.0. The second-order valence-corrected chi connectivity index (χ2v) is 5.02. The Morgan fingerprint density at radius 2 is 2.17 bits per heavy atom. The number of ether oxygens (including phenoxy) is 1. The third-order valence-electron chi connectivity index (χ3n) is 3.51. The maximum atomic E-state index is 11.9. The second-order valence-electron chi connectivity index (χ2n) is 5.02. The molecule has 0 bridgehead atoms. The fourth-order valence-corrected chi connectivity index (χ4v) is 2.35. The number of tetrazole rings is 1. The molecule has 1 aromatic carbocycles. The Bertz CT molecular complexity index is 830. The molecule has 7 nitrogen and oxygen atoms in total. The van der Waals surface area contributed by atoms with E-state index in [2.05, 4.69) is 20.4 Å². The van der Waals surface area contributed by atoms with Crippen LogP contribution in [0.3, 0.4) is 0 Å². The molecular weight excluding hydrogens is 294 g/mol. The summed E-state index contributed by atoms with van der Waals surface area (Å²) in [6.07, 6.45) is 2.29. The van der Waals surface area contributed by atoms with Crippen LogP contribution in [0.2, 0.25) is 0 Å². The molecule has 0 aliphatic heterocycles. The van der Waals surface area contributed by atoms with E-state index in [9.17, 15) is 4.79 Å². The van der Waals surface area contributed by atoms with Crippen LogP contribution >= 0.6 is 0 Å². The van der Waals surface area contributed by atoms with Crippen LogP contribution < -0.4 is 0 Å². The van der Waals surface area contributed by atoms with Gasteiger partial charge in [0.25, 0.3) is 0 Å². The molecule has 0 radical (unpaired) electrons. The molecule has 2 heterocycles. The van der Waals surface area contributed by atoms with Gasteiger partial charge in [0, 0.05) is 17.1 Å². The van der Waals surface area contributed by atoms with Crippen molar-refractivity contribution in [2.75, 3.05) is 6.61 Å². The van der Waals surface area contributed by atoms with Gasteiger partial charge in [-0.25, -0.2) is 4.79 Å². The number of fused-ring (bicyclic) bond motifs is 1. The molecule has 7 heteroatoms. The summed E-state index contributed by atoms with van der Waals surface area (Å²) in [5, 5.41) is 13.4. The topological polar surface area (TPSA) is 82.8 Å². The lowest BCUT2D eigenvalue weighted by molar-refractivity contribution is -0.148. The molecule has 23 heavy (non-hydrogen) atoms. The standard InChI is InChI=1S/C16H17N5O2/c1-3-14(16(22)23-4-2)21-19-15(18-20-21)12-7-8-13-11(10-12)6-5-9-17-13/h5-10,14H,3-4H2,1-2H3. The molecule has 3 rings (SSSR count). The van der Waals surface area contributed by atoms with Crippen molar-refractivity contribution in [1.29, 1.82) is 0 Å². The number of pyridine rings is 1. The first-order chi connectivity index (χ1) is 11.2. The molecule has 2 aromatic heterocycles. The zero-order chi connectivity index (χ0) is 16.2. The fraction of sp³-hybridized carbons (Fsp3) is 0.312. The average molecular weight is 311 g/mol. The number of esters is 1. The summed E-state index contributed by atoms with van der Waals surface area (Å²) < 4.78 is 5.05. The van der Waals surface area contributed by atoms with Gasteiger partial charge in [0.15, 0.2) is 6.04 Å². The summed E-state index contributed by atoms with van der Waals surface area (Å²) in [5.74, 6) is 0.125. The molecule has 118 valence electrons. The van der Waals surface area contributed by atoms with Crippen LogP contribution in [0.15, 0.2) is 36.5 Å². The Morgan fingerprint density at radius 1 is 1.30 bits per heavy atom. The van der Waals surface area contributed by atoms with E-state index in [0.29, 0.717) is 18.9 Å². The SMILES string of the molecule is CCOC(=O)C(CC)n1nnc(-c2ccc3ncccc3c2)n1. The van der Waals surface area contributed by atoms with E-state index in [4.69, 9.17) is 4.74 Å². The minimum Gasteiger partial charge on any atom is -0.464 e. The third kappa shape index (κ3) is 3.03. The van der Waals surface area contributed by atoms with Crippen molar-refractivity contribution in [3.8, 4) is 11.4 Å². The van der Waals surface area contributed by atoms with Crippen LogP contribution in [0.25, 0.3) is 22.3 Å². The van der Waals surface area contributed by atoms with E-state index < -0.39 is 6.04 Å². The third-order valence-corrected chi connectivity index (χ3v) is 3.51. The quantitative estimate of drug-likeness (QED) is 0.673. The van der Waals surface area contributed by atoms with Crippen LogP contribution in [0, 0.1) is 0 Å². The Morgan fingerprint density at radius 3 is 2.96 bits per heavy atom. The van der Waals surface area contributed by atoms with E-state index in [1.54, 1.807) is 13.1 Å². The van der Waals surface area contributed by atoms with Gasteiger partial charge in [0.1, 0.15) is 0 Å². The minimum atomic E-state index is -0.557. The molecular formula is C16H17N5O2. The molecule has 0 saturated carbocycles. The number of aromatic nitrogens is 5. The van der Waals surface area contributed by atoms with E-state index in [0.717, 1.165) is 16.5 Å². The summed E-state index contributed by atoms with van der Waals surface area (Å²) in [4.78, 5) is 17.5. The maximum Gasteiger partial charge on any atom is 0.332 e. The van der Waals surface area contributed by atoms with E-state index in [1.807, 2.05) is 37.3 Å². The van der Waals surface area contributed by atoms with Crippen molar-refractivity contribution in [2.24, 2.45) is 0 Å². The minimum absolute atomic E-state index is 0.328. The number of rotatable bonds is 5. The van der Waals surface area contributed by atoms with Crippen molar-refractivity contribution in [1.82, 2.24) is 25.2 Å². The van der Waals surface area contributed by atoms with E-state index in [-0.39, 0.29) is 5.97 Å². The molecule has 3 aromatic rings. The van der Waals surface area contributed by atoms with Crippen LogP contribution in [0.4, 0.5) is 0 Å². The van der Waals surface area contributed by atoms with Crippen LogP contribution in [-0.4, -0.2) is 37.8 Å². The molecule has 0 amide bonds. The molecule has 1 atom stereocenters. The number of hydrogen-bond donors (Lipinski definition) is 0. The average Bonchev–Trinajstić information content (AvgIpc) is 3.05. The van der Waals surface area contributed by atoms with Gasteiger partial charge in [-0.05, 0) is 42.8 Å². The molecule has 0 fully saturated rings. The second kappa shape index (κ2) is 6.51. The number of benzene rings is 1. The zero-order valence-corrected chi connectivity index (χ0v) is 13.0. The first kappa shape index (κ1) is 15.1. The van der Waals surface area contributed by atoms with Gasteiger partial charge in [0.05, 0.1) is 12.1 Å². The van der Waals surface area contributed by atoms with Gasteiger partial charge in [-0.15, -0.1) is 15.0 Å². The van der Waals surface area contributed by atoms with E-state index >= 15 is 0 Å². The summed E-state index contributed by atoms with van der Waals surface area (Å²) in [6.45, 7) is 3.98. The molecule has 1 unspecified atom stereocenters. The van der Waals surface area contributed by atoms with Gasteiger partial charge in [-0.3, -0.25) is 4.98 Å². The lowest BCUT2D eigenvalue weighted by atomic mass is 10.1. The van der Waals surface area contributed by atoms with Gasteiger partial charge in [-0.1, -0.05) is 13.0 Å². The summed E-state index contributed by atoms with van der Waals surface area (Å²) in [7, 11) is 0. The first-order valence-corrected chi connectivity index (χ1v) is 7.54. The number of hydrogen-bond acceptors (Lipinski definition) is 6. The molecule has 0 aliphatic carbocycles. The predicted molar refractivity (Wildman–Crippen MR) is 84.5 cm³/mol. The Kier molecular flexibility index (Phi) is 4.27. The largest absolute Gasteiger partial charge is 0.464 e. The van der Waals surface area contributed by atoms with Gasteiger partial charge in [0.2, 0.25) is 5.82 Å². The number of carbonyl (C=O) groups excluding carboxylic acids is 1. The Hall–Kier alpha value is -2.83. The monoisotopic (exact) mass is 311 g/mol.